The van der Waals surface area contributed by atoms with E-state index in [0.29, 0.717) is 5.75 Å². The zero-order chi connectivity index (χ0) is 16.9. The van der Waals surface area contributed by atoms with Crippen LogP contribution in [0, 0.1) is 13.8 Å². The maximum absolute atomic E-state index is 12.2. The number of methoxy groups -OCH3 is 1. The number of nitrogens with one attached hydrogen (secondary N) is 1. The zero-order valence-corrected chi connectivity index (χ0v) is 14.3. The lowest BCUT2D eigenvalue weighted by Gasteiger charge is -2.10. The topological polar surface area (TPSA) is 64.6 Å². The third-order valence-corrected chi connectivity index (χ3v) is 4.79. The molecule has 1 N–H and O–H groups in total. The van der Waals surface area contributed by atoms with Crippen molar-refractivity contribution < 1.29 is 17.9 Å². The van der Waals surface area contributed by atoms with Crippen molar-refractivity contribution in [1.29, 1.82) is 0 Å². The Bertz CT molecular complexity index is 772. The summed E-state index contributed by atoms with van der Waals surface area (Å²) < 4.78 is 37.7. The van der Waals surface area contributed by atoms with Crippen LogP contribution >= 0.6 is 0 Å². The van der Waals surface area contributed by atoms with Crippen molar-refractivity contribution in [1.82, 2.24) is 4.72 Å². The van der Waals surface area contributed by atoms with E-state index in [9.17, 15) is 8.42 Å². The van der Waals surface area contributed by atoms with E-state index in [1.165, 1.54) is 6.07 Å². The molecule has 0 aliphatic carbocycles. The summed E-state index contributed by atoms with van der Waals surface area (Å²) in [6.45, 7) is 4.24. The first kappa shape index (κ1) is 17.3. The van der Waals surface area contributed by atoms with Crippen LogP contribution in [0.15, 0.2) is 47.4 Å². The molecule has 23 heavy (non-hydrogen) atoms. The Morgan fingerprint density at radius 1 is 1.09 bits per heavy atom. The van der Waals surface area contributed by atoms with Crippen molar-refractivity contribution in [3.63, 3.8) is 0 Å². The van der Waals surface area contributed by atoms with Crippen molar-refractivity contribution in [2.45, 2.75) is 18.7 Å². The van der Waals surface area contributed by atoms with E-state index in [1.807, 2.05) is 31.2 Å². The maximum Gasteiger partial charge on any atom is 0.240 e. The van der Waals surface area contributed by atoms with Crippen LogP contribution < -0.4 is 14.2 Å². The molecule has 0 heterocycles. The standard InChI is InChI=1S/C17H21NO4S/c1-13-5-4-6-15(11-13)22-10-9-18-23(19,20)16-7-8-17(21-3)14(2)12-16/h4-8,11-12,18H,9-10H2,1-3H3. The average Bonchev–Trinajstić information content (AvgIpc) is 2.51. The molecule has 0 saturated carbocycles. The molecule has 0 aromatic heterocycles. The normalized spacial score (nSPS) is 11.3. The first-order valence-electron chi connectivity index (χ1n) is 7.26. The summed E-state index contributed by atoms with van der Waals surface area (Å²) in [6, 6.07) is 12.4. The Morgan fingerprint density at radius 3 is 2.52 bits per heavy atom. The van der Waals surface area contributed by atoms with Gasteiger partial charge in [0.15, 0.2) is 0 Å². The molecule has 0 atom stereocenters. The second-order valence-corrected chi connectivity index (χ2v) is 6.96. The molecule has 0 spiro atoms. The van der Waals surface area contributed by atoms with E-state index >= 15 is 0 Å². The van der Waals surface area contributed by atoms with Crippen molar-refractivity contribution >= 4 is 10.0 Å². The summed E-state index contributed by atoms with van der Waals surface area (Å²) in [5.41, 5.74) is 1.86. The minimum absolute atomic E-state index is 0.196. The number of benzene rings is 2. The fraction of sp³-hybridized carbons (Fsp3) is 0.294. The van der Waals surface area contributed by atoms with Gasteiger partial charge in [0.2, 0.25) is 10.0 Å². The van der Waals surface area contributed by atoms with Gasteiger partial charge in [-0.3, -0.25) is 0 Å². The van der Waals surface area contributed by atoms with E-state index in [0.717, 1.165) is 16.9 Å². The van der Waals surface area contributed by atoms with Gasteiger partial charge >= 0.3 is 0 Å². The molecule has 0 unspecified atom stereocenters. The second kappa shape index (κ2) is 7.48. The molecule has 0 amide bonds. The molecule has 0 bridgehead atoms. The van der Waals surface area contributed by atoms with Crippen LogP contribution in [0.3, 0.4) is 0 Å². The van der Waals surface area contributed by atoms with E-state index < -0.39 is 10.0 Å². The van der Waals surface area contributed by atoms with Crippen LogP contribution in [-0.2, 0) is 10.0 Å². The lowest BCUT2D eigenvalue weighted by molar-refractivity contribution is 0.322. The van der Waals surface area contributed by atoms with Crippen molar-refractivity contribution in [2.75, 3.05) is 20.3 Å². The summed E-state index contributed by atoms with van der Waals surface area (Å²) in [6.07, 6.45) is 0. The van der Waals surface area contributed by atoms with Gasteiger partial charge in [0, 0.05) is 6.54 Å². The largest absolute Gasteiger partial charge is 0.496 e. The molecule has 5 nitrogen and oxygen atoms in total. The quantitative estimate of drug-likeness (QED) is 0.790. The lowest BCUT2D eigenvalue weighted by atomic mass is 10.2. The highest BCUT2D eigenvalue weighted by molar-refractivity contribution is 7.89. The Hall–Kier alpha value is -2.05. The number of sulfonamides is 1. The fourth-order valence-electron chi connectivity index (χ4n) is 2.15. The molecular weight excluding hydrogens is 314 g/mol. The lowest BCUT2D eigenvalue weighted by Crippen LogP contribution is -2.28. The van der Waals surface area contributed by atoms with Crippen LogP contribution in [0.4, 0.5) is 0 Å². The Kier molecular flexibility index (Phi) is 5.63. The predicted octanol–water partition coefficient (Wildman–Crippen LogP) is 2.67. The molecule has 0 saturated heterocycles. The molecule has 124 valence electrons. The third kappa shape index (κ3) is 4.71. The number of ether oxygens (including phenoxy) is 2. The van der Waals surface area contributed by atoms with Crippen LogP contribution in [-0.4, -0.2) is 28.7 Å². The summed E-state index contributed by atoms with van der Waals surface area (Å²) in [4.78, 5) is 0.214. The number of rotatable bonds is 7. The Labute approximate surface area is 137 Å². The summed E-state index contributed by atoms with van der Waals surface area (Å²) in [5.74, 6) is 1.39. The van der Waals surface area contributed by atoms with Gasteiger partial charge in [0.1, 0.15) is 18.1 Å². The molecular formula is C17H21NO4S. The van der Waals surface area contributed by atoms with Gasteiger partial charge in [0.05, 0.1) is 12.0 Å². The average molecular weight is 335 g/mol. The predicted molar refractivity (Wildman–Crippen MR) is 89.6 cm³/mol. The van der Waals surface area contributed by atoms with Crippen LogP contribution in [0.2, 0.25) is 0 Å². The molecule has 0 aliphatic rings. The second-order valence-electron chi connectivity index (χ2n) is 5.19. The van der Waals surface area contributed by atoms with Crippen LogP contribution in [0.25, 0.3) is 0 Å². The Morgan fingerprint density at radius 2 is 1.87 bits per heavy atom. The molecule has 0 fully saturated rings. The van der Waals surface area contributed by atoms with Gasteiger partial charge in [-0.1, -0.05) is 12.1 Å². The van der Waals surface area contributed by atoms with E-state index in [2.05, 4.69) is 4.72 Å². The SMILES string of the molecule is COc1ccc(S(=O)(=O)NCCOc2cccc(C)c2)cc1C. The molecule has 0 radical (unpaired) electrons. The first-order chi connectivity index (χ1) is 10.9. The molecule has 2 aromatic rings. The molecule has 6 heteroatoms. The van der Waals surface area contributed by atoms with Gasteiger partial charge in [-0.2, -0.15) is 0 Å². The fourth-order valence-corrected chi connectivity index (χ4v) is 3.25. The summed E-state index contributed by atoms with van der Waals surface area (Å²) >= 11 is 0. The van der Waals surface area contributed by atoms with Crippen molar-refractivity contribution in [3.8, 4) is 11.5 Å². The molecule has 2 rings (SSSR count). The highest BCUT2D eigenvalue weighted by atomic mass is 32.2. The van der Waals surface area contributed by atoms with E-state index in [4.69, 9.17) is 9.47 Å². The van der Waals surface area contributed by atoms with Crippen LogP contribution in [0.1, 0.15) is 11.1 Å². The van der Waals surface area contributed by atoms with Gasteiger partial charge < -0.3 is 9.47 Å². The Balaban J connectivity index is 1.92. The van der Waals surface area contributed by atoms with Crippen molar-refractivity contribution in [3.05, 3.63) is 53.6 Å². The van der Waals surface area contributed by atoms with Crippen molar-refractivity contribution in [2.24, 2.45) is 0 Å². The van der Waals surface area contributed by atoms with Gasteiger partial charge in [-0.15, -0.1) is 0 Å². The number of hydrogen-bond acceptors (Lipinski definition) is 4. The summed E-state index contributed by atoms with van der Waals surface area (Å²) in [5, 5.41) is 0. The molecule has 0 aliphatic heterocycles. The maximum atomic E-state index is 12.2. The zero-order valence-electron chi connectivity index (χ0n) is 13.5. The van der Waals surface area contributed by atoms with Gasteiger partial charge in [-0.05, 0) is 55.3 Å². The van der Waals surface area contributed by atoms with Gasteiger partial charge in [-0.25, -0.2) is 13.1 Å². The monoisotopic (exact) mass is 335 g/mol. The minimum atomic E-state index is -3.56. The van der Waals surface area contributed by atoms with Gasteiger partial charge in [0.25, 0.3) is 0 Å². The van der Waals surface area contributed by atoms with E-state index in [1.54, 1.807) is 26.2 Å². The highest BCUT2D eigenvalue weighted by Gasteiger charge is 2.14. The van der Waals surface area contributed by atoms with Crippen LogP contribution in [0.5, 0.6) is 11.5 Å². The smallest absolute Gasteiger partial charge is 0.240 e. The van der Waals surface area contributed by atoms with E-state index in [-0.39, 0.29) is 18.0 Å². The molecule has 2 aromatic carbocycles. The third-order valence-electron chi connectivity index (χ3n) is 3.33. The number of hydrogen-bond donors (Lipinski definition) is 1. The summed E-state index contributed by atoms with van der Waals surface area (Å²) in [7, 11) is -2.00. The first-order valence-corrected chi connectivity index (χ1v) is 8.74. The highest BCUT2D eigenvalue weighted by Crippen LogP contribution is 2.21. The number of aryl methyl sites for hydroxylation is 2. The minimum Gasteiger partial charge on any atom is -0.496 e.